The minimum atomic E-state index is -0.506. The number of methoxy groups -OCH3 is 1. The third-order valence-electron chi connectivity index (χ3n) is 7.95. The molecule has 3 aliphatic rings. The van der Waals surface area contributed by atoms with Crippen molar-refractivity contribution in [1.82, 2.24) is 0 Å². The average Bonchev–Trinajstić information content (AvgIpc) is 2.86. The molecule has 0 amide bonds. The van der Waals surface area contributed by atoms with Crippen molar-refractivity contribution in [3.8, 4) is 11.5 Å². The van der Waals surface area contributed by atoms with E-state index in [0.717, 1.165) is 16.7 Å². The molecule has 0 aromatic heterocycles. The quantitative estimate of drug-likeness (QED) is 0.320. The monoisotopic (exact) mass is 560 g/mol. The number of carbonyl (C=O) groups excluding carboxylic acids is 2. The summed E-state index contributed by atoms with van der Waals surface area (Å²) in [6, 6.07) is 11.5. The number of Topliss-reactive ketones (excluding diaryl/α,β-unsaturated/α-hetero) is 2. The fraction of sp³-hybridized carbons (Fsp3) is 0.412. The summed E-state index contributed by atoms with van der Waals surface area (Å²) in [5, 5.41) is 0.665. The number of hydrogen-bond donors (Lipinski definition) is 0. The van der Waals surface area contributed by atoms with Crippen LogP contribution < -0.4 is 9.47 Å². The Hall–Kier alpha value is -3.31. The van der Waals surface area contributed by atoms with Gasteiger partial charge in [-0.1, -0.05) is 63.6 Å². The zero-order valence-corrected chi connectivity index (χ0v) is 24.7. The lowest BCUT2D eigenvalue weighted by Gasteiger charge is -2.42. The molecule has 40 heavy (non-hydrogen) atoms. The van der Waals surface area contributed by atoms with Crippen LogP contribution in [0.3, 0.4) is 0 Å². The maximum atomic E-state index is 13.7. The van der Waals surface area contributed by atoms with Crippen molar-refractivity contribution in [3.63, 3.8) is 0 Å². The number of ether oxygens (including phenoxy) is 3. The lowest BCUT2D eigenvalue weighted by Crippen LogP contribution is -2.37. The van der Waals surface area contributed by atoms with Gasteiger partial charge in [0.05, 0.1) is 7.11 Å². The van der Waals surface area contributed by atoms with E-state index in [1.165, 1.54) is 0 Å². The van der Waals surface area contributed by atoms with Gasteiger partial charge in [-0.05, 0) is 46.6 Å². The van der Waals surface area contributed by atoms with Crippen LogP contribution in [0.1, 0.15) is 76.0 Å². The molecule has 2 aliphatic carbocycles. The molecule has 0 radical (unpaired) electrons. The topological polar surface area (TPSA) is 61.8 Å². The van der Waals surface area contributed by atoms with Crippen LogP contribution in [0.15, 0.2) is 71.7 Å². The van der Waals surface area contributed by atoms with Gasteiger partial charge in [-0.15, -0.1) is 6.58 Å². The van der Waals surface area contributed by atoms with Crippen LogP contribution in [0.2, 0.25) is 5.02 Å². The third kappa shape index (κ3) is 5.49. The minimum absolute atomic E-state index is 0.0349. The number of ketones is 2. The average molecular weight is 561 g/mol. The molecule has 0 spiro atoms. The first kappa shape index (κ1) is 28.2. The van der Waals surface area contributed by atoms with Crippen molar-refractivity contribution in [3.05, 3.63) is 93.4 Å². The molecule has 5 rings (SSSR count). The van der Waals surface area contributed by atoms with Gasteiger partial charge in [0.25, 0.3) is 0 Å². The number of allylic oxidation sites excluding steroid dienone is 5. The van der Waals surface area contributed by atoms with Crippen molar-refractivity contribution in [2.24, 2.45) is 10.8 Å². The van der Waals surface area contributed by atoms with Crippen LogP contribution in [0, 0.1) is 10.8 Å². The molecule has 0 saturated carbocycles. The fourth-order valence-corrected chi connectivity index (χ4v) is 6.34. The first-order chi connectivity index (χ1) is 18.9. The van der Waals surface area contributed by atoms with Crippen LogP contribution in [-0.2, 0) is 27.4 Å². The van der Waals surface area contributed by atoms with Gasteiger partial charge in [0.2, 0.25) is 0 Å². The third-order valence-corrected chi connectivity index (χ3v) is 8.20. The second kappa shape index (κ2) is 10.6. The summed E-state index contributed by atoms with van der Waals surface area (Å²) in [7, 11) is 1.61. The number of rotatable bonds is 7. The summed E-state index contributed by atoms with van der Waals surface area (Å²) in [5.74, 6) is 2.12. The highest BCUT2D eigenvalue weighted by atomic mass is 35.5. The van der Waals surface area contributed by atoms with Crippen LogP contribution in [0.5, 0.6) is 11.5 Å². The molecule has 210 valence electrons. The summed E-state index contributed by atoms with van der Waals surface area (Å²) in [5.41, 5.74) is 3.47. The van der Waals surface area contributed by atoms with E-state index in [0.29, 0.717) is 77.9 Å². The summed E-state index contributed by atoms with van der Waals surface area (Å²) >= 11 is 6.05. The van der Waals surface area contributed by atoms with E-state index in [1.807, 2.05) is 42.5 Å². The van der Waals surface area contributed by atoms with E-state index >= 15 is 0 Å². The largest absolute Gasteiger partial charge is 0.493 e. The molecule has 1 heterocycles. The van der Waals surface area contributed by atoms with E-state index in [1.54, 1.807) is 7.11 Å². The van der Waals surface area contributed by atoms with Gasteiger partial charge in [-0.3, -0.25) is 9.59 Å². The van der Waals surface area contributed by atoms with Gasteiger partial charge in [0.1, 0.15) is 18.1 Å². The highest BCUT2D eigenvalue weighted by molar-refractivity contribution is 6.30. The summed E-state index contributed by atoms with van der Waals surface area (Å²) in [6.07, 6.45) is 4.46. The van der Waals surface area contributed by atoms with E-state index in [2.05, 4.69) is 34.3 Å². The standard InChI is InChI=1S/C34H37ClO5/c1-7-8-21-13-22(14-26(38-6)32(21)39-19-20-9-11-23(35)12-10-20)29-30-24(36)15-33(2,3)17-27(30)40-28-18-34(4,5)16-25(37)31(28)29/h7,9-14,29H,1,8,15-19H2,2-6H3. The van der Waals surface area contributed by atoms with Gasteiger partial charge in [0, 0.05) is 53.3 Å². The van der Waals surface area contributed by atoms with Crippen LogP contribution >= 0.6 is 11.6 Å². The molecule has 0 saturated heterocycles. The van der Waals surface area contributed by atoms with Gasteiger partial charge in [-0.25, -0.2) is 0 Å². The Labute approximate surface area is 241 Å². The minimum Gasteiger partial charge on any atom is -0.493 e. The SMILES string of the molecule is C=CCc1cc(C2C3=C(CC(C)(C)CC3=O)OC3=C2C(=O)CC(C)(C)C3)cc(OC)c1OCc1ccc(Cl)cc1. The van der Waals surface area contributed by atoms with Crippen LogP contribution in [-0.4, -0.2) is 18.7 Å². The number of carbonyl (C=O) groups is 2. The van der Waals surface area contributed by atoms with Gasteiger partial charge in [0.15, 0.2) is 23.1 Å². The van der Waals surface area contributed by atoms with Gasteiger partial charge < -0.3 is 14.2 Å². The zero-order valence-electron chi connectivity index (χ0n) is 24.0. The predicted octanol–water partition coefficient (Wildman–Crippen LogP) is 8.06. The molecule has 0 bridgehead atoms. The van der Waals surface area contributed by atoms with Crippen LogP contribution in [0.25, 0.3) is 0 Å². The molecule has 0 N–H and O–H groups in total. The van der Waals surface area contributed by atoms with E-state index < -0.39 is 5.92 Å². The first-order valence-corrected chi connectivity index (χ1v) is 14.2. The molecule has 0 fully saturated rings. The van der Waals surface area contributed by atoms with Crippen molar-refractivity contribution < 1.29 is 23.8 Å². The molecule has 2 aromatic carbocycles. The summed E-state index contributed by atoms with van der Waals surface area (Å²) in [6.45, 7) is 12.6. The van der Waals surface area contributed by atoms with Gasteiger partial charge in [-0.2, -0.15) is 0 Å². The molecular weight excluding hydrogens is 524 g/mol. The molecular formula is C34H37ClO5. The maximum absolute atomic E-state index is 13.7. The Morgan fingerprint density at radius 1 is 0.950 bits per heavy atom. The Morgan fingerprint density at radius 2 is 1.52 bits per heavy atom. The Morgan fingerprint density at radius 3 is 2.05 bits per heavy atom. The molecule has 6 heteroatoms. The Kier molecular flexibility index (Phi) is 7.47. The molecule has 0 unspecified atom stereocenters. The van der Waals surface area contributed by atoms with E-state index in [9.17, 15) is 9.59 Å². The second-order valence-corrected chi connectivity index (χ2v) is 13.1. The normalized spacial score (nSPS) is 20.1. The summed E-state index contributed by atoms with van der Waals surface area (Å²) < 4.78 is 18.6. The zero-order chi connectivity index (χ0) is 28.8. The predicted molar refractivity (Wildman–Crippen MR) is 157 cm³/mol. The highest BCUT2D eigenvalue weighted by Crippen LogP contribution is 2.54. The number of hydrogen-bond acceptors (Lipinski definition) is 5. The number of benzene rings is 2. The number of halogens is 1. The fourth-order valence-electron chi connectivity index (χ4n) is 6.22. The first-order valence-electron chi connectivity index (χ1n) is 13.8. The molecule has 2 aromatic rings. The molecule has 0 atom stereocenters. The van der Waals surface area contributed by atoms with E-state index in [4.69, 9.17) is 25.8 Å². The Balaban J connectivity index is 1.64. The van der Waals surface area contributed by atoms with Crippen molar-refractivity contribution in [1.29, 1.82) is 0 Å². The molecule has 1 aliphatic heterocycles. The van der Waals surface area contributed by atoms with Crippen molar-refractivity contribution in [2.75, 3.05) is 7.11 Å². The van der Waals surface area contributed by atoms with Crippen LogP contribution in [0.4, 0.5) is 0 Å². The van der Waals surface area contributed by atoms with Crippen molar-refractivity contribution >= 4 is 23.2 Å². The Bertz CT molecular complexity index is 1390. The highest BCUT2D eigenvalue weighted by Gasteiger charge is 2.48. The lowest BCUT2D eigenvalue weighted by molar-refractivity contribution is -0.120. The lowest BCUT2D eigenvalue weighted by atomic mass is 9.65. The smallest absolute Gasteiger partial charge is 0.165 e. The molecule has 5 nitrogen and oxygen atoms in total. The van der Waals surface area contributed by atoms with Gasteiger partial charge >= 0.3 is 0 Å². The maximum Gasteiger partial charge on any atom is 0.165 e. The van der Waals surface area contributed by atoms with E-state index in [-0.39, 0.29) is 22.4 Å². The second-order valence-electron chi connectivity index (χ2n) is 12.7. The van der Waals surface area contributed by atoms with Crippen molar-refractivity contribution in [2.45, 2.75) is 72.3 Å². The summed E-state index contributed by atoms with van der Waals surface area (Å²) in [4.78, 5) is 27.4.